The van der Waals surface area contributed by atoms with Gasteiger partial charge in [0.2, 0.25) is 0 Å². The summed E-state index contributed by atoms with van der Waals surface area (Å²) >= 11 is 8.91. The lowest BCUT2D eigenvalue weighted by molar-refractivity contribution is 0.469. The fourth-order valence-corrected chi connectivity index (χ4v) is 1.32. The SMILES string of the molecule is N#CCc1cc(Cl)c(Br)cc1O. The number of halogens is 2. The van der Waals surface area contributed by atoms with E-state index < -0.39 is 0 Å². The van der Waals surface area contributed by atoms with E-state index in [2.05, 4.69) is 15.9 Å². The van der Waals surface area contributed by atoms with E-state index in [1.54, 1.807) is 6.07 Å². The Balaban J connectivity index is 3.16. The van der Waals surface area contributed by atoms with Gasteiger partial charge in [0, 0.05) is 10.0 Å². The molecule has 0 unspecified atom stereocenters. The van der Waals surface area contributed by atoms with Crippen molar-refractivity contribution in [1.29, 1.82) is 5.26 Å². The van der Waals surface area contributed by atoms with Gasteiger partial charge in [0.25, 0.3) is 0 Å². The smallest absolute Gasteiger partial charge is 0.121 e. The van der Waals surface area contributed by atoms with E-state index in [1.165, 1.54) is 6.07 Å². The third-order valence-electron chi connectivity index (χ3n) is 1.39. The highest BCUT2D eigenvalue weighted by molar-refractivity contribution is 9.10. The lowest BCUT2D eigenvalue weighted by Gasteiger charge is -2.02. The minimum atomic E-state index is 0.0906. The van der Waals surface area contributed by atoms with Gasteiger partial charge in [-0.1, -0.05) is 11.6 Å². The predicted molar refractivity (Wildman–Crippen MR) is 50.1 cm³/mol. The molecule has 0 aliphatic carbocycles. The Bertz CT molecular complexity index is 346. The van der Waals surface area contributed by atoms with Gasteiger partial charge in [-0.05, 0) is 28.1 Å². The molecule has 0 saturated carbocycles. The van der Waals surface area contributed by atoms with Crippen LogP contribution in [0.3, 0.4) is 0 Å². The van der Waals surface area contributed by atoms with Crippen LogP contribution in [0.5, 0.6) is 5.75 Å². The Morgan fingerprint density at radius 3 is 2.83 bits per heavy atom. The second-order valence-electron chi connectivity index (χ2n) is 2.23. The molecule has 1 aromatic rings. The van der Waals surface area contributed by atoms with Crippen molar-refractivity contribution in [2.45, 2.75) is 6.42 Å². The predicted octanol–water partition coefficient (Wildman–Crippen LogP) is 2.87. The van der Waals surface area contributed by atoms with Crippen molar-refractivity contribution in [3.8, 4) is 11.8 Å². The van der Waals surface area contributed by atoms with Crippen molar-refractivity contribution < 1.29 is 5.11 Å². The summed E-state index contributed by atoms with van der Waals surface area (Å²) in [7, 11) is 0. The second-order valence-corrected chi connectivity index (χ2v) is 3.49. The molecule has 0 aliphatic heterocycles. The molecule has 0 atom stereocenters. The third-order valence-corrected chi connectivity index (χ3v) is 2.59. The van der Waals surface area contributed by atoms with E-state index in [0.717, 1.165) is 0 Å². The summed E-state index contributed by atoms with van der Waals surface area (Å²) in [5.74, 6) is 0.0906. The van der Waals surface area contributed by atoms with E-state index in [4.69, 9.17) is 16.9 Å². The molecule has 0 heterocycles. The molecule has 0 bridgehead atoms. The molecule has 2 nitrogen and oxygen atoms in total. The standard InChI is InChI=1S/C8H5BrClNO/c9-6-4-8(12)5(1-2-11)3-7(6)10/h3-4,12H,1H2. The maximum atomic E-state index is 9.31. The van der Waals surface area contributed by atoms with E-state index in [1.807, 2.05) is 6.07 Å². The first-order valence-corrected chi connectivity index (χ1v) is 4.36. The van der Waals surface area contributed by atoms with Gasteiger partial charge in [0.15, 0.2) is 0 Å². The fraction of sp³-hybridized carbons (Fsp3) is 0.125. The van der Waals surface area contributed by atoms with Gasteiger partial charge < -0.3 is 5.11 Å². The van der Waals surface area contributed by atoms with Crippen LogP contribution in [-0.2, 0) is 6.42 Å². The summed E-state index contributed by atoms with van der Waals surface area (Å²) in [5.41, 5.74) is 0.547. The van der Waals surface area contributed by atoms with Crippen molar-refractivity contribution in [2.75, 3.05) is 0 Å². The molecule has 0 saturated heterocycles. The van der Waals surface area contributed by atoms with Crippen molar-refractivity contribution in [3.63, 3.8) is 0 Å². The Morgan fingerprint density at radius 2 is 2.25 bits per heavy atom. The average molecular weight is 246 g/mol. The zero-order valence-electron chi connectivity index (χ0n) is 6.01. The molecule has 1 rings (SSSR count). The molecule has 4 heteroatoms. The number of nitriles is 1. The number of rotatable bonds is 1. The first kappa shape index (κ1) is 9.37. The van der Waals surface area contributed by atoms with Gasteiger partial charge in [-0.25, -0.2) is 0 Å². The van der Waals surface area contributed by atoms with E-state index >= 15 is 0 Å². The molecule has 1 aromatic carbocycles. The third kappa shape index (κ3) is 1.90. The lowest BCUT2D eigenvalue weighted by atomic mass is 10.1. The molecule has 0 spiro atoms. The summed E-state index contributed by atoms with van der Waals surface area (Å²) in [5, 5.41) is 18.2. The molecule has 0 aliphatic rings. The Morgan fingerprint density at radius 1 is 1.58 bits per heavy atom. The topological polar surface area (TPSA) is 44.0 Å². The van der Waals surface area contributed by atoms with Crippen LogP contribution < -0.4 is 0 Å². The molecular weight excluding hydrogens is 241 g/mol. The van der Waals surface area contributed by atoms with E-state index in [9.17, 15) is 5.11 Å². The number of hydrogen-bond acceptors (Lipinski definition) is 2. The number of aromatic hydroxyl groups is 1. The van der Waals surface area contributed by atoms with Crippen LogP contribution in [0, 0.1) is 11.3 Å². The van der Waals surface area contributed by atoms with Crippen molar-refractivity contribution in [2.24, 2.45) is 0 Å². The number of nitrogens with zero attached hydrogens (tertiary/aromatic N) is 1. The highest BCUT2D eigenvalue weighted by atomic mass is 79.9. The molecule has 0 amide bonds. The van der Waals surface area contributed by atoms with Gasteiger partial charge >= 0.3 is 0 Å². The number of phenolic OH excluding ortho intramolecular Hbond substituents is 1. The molecule has 0 radical (unpaired) electrons. The lowest BCUT2D eigenvalue weighted by Crippen LogP contribution is -1.83. The summed E-state index contributed by atoms with van der Waals surface area (Å²) in [6.07, 6.45) is 0.166. The van der Waals surface area contributed by atoms with Crippen LogP contribution in [0.2, 0.25) is 5.02 Å². The zero-order valence-corrected chi connectivity index (χ0v) is 8.35. The Labute approximate surface area is 83.5 Å². The largest absolute Gasteiger partial charge is 0.508 e. The monoisotopic (exact) mass is 245 g/mol. The van der Waals surface area contributed by atoms with Gasteiger partial charge in [0.1, 0.15) is 5.75 Å². The molecule has 0 aromatic heterocycles. The summed E-state index contributed by atoms with van der Waals surface area (Å²) in [4.78, 5) is 0. The van der Waals surface area contributed by atoms with Gasteiger partial charge in [0.05, 0.1) is 17.5 Å². The van der Waals surface area contributed by atoms with E-state index in [-0.39, 0.29) is 12.2 Å². The first-order valence-electron chi connectivity index (χ1n) is 3.19. The Hall–Kier alpha value is -0.720. The first-order chi connectivity index (χ1) is 5.65. The van der Waals surface area contributed by atoms with Crippen LogP contribution in [0.15, 0.2) is 16.6 Å². The fourth-order valence-electron chi connectivity index (χ4n) is 0.804. The number of phenols is 1. The van der Waals surface area contributed by atoms with Crippen molar-refractivity contribution in [1.82, 2.24) is 0 Å². The number of hydrogen-bond donors (Lipinski definition) is 1. The molecular formula is C8H5BrClNO. The van der Waals surface area contributed by atoms with Gasteiger partial charge in [-0.15, -0.1) is 0 Å². The van der Waals surface area contributed by atoms with Gasteiger partial charge in [-0.3, -0.25) is 0 Å². The highest BCUT2D eigenvalue weighted by Gasteiger charge is 2.04. The summed E-state index contributed by atoms with van der Waals surface area (Å²) in [6, 6.07) is 4.99. The summed E-state index contributed by atoms with van der Waals surface area (Å²) in [6.45, 7) is 0. The van der Waals surface area contributed by atoms with Crippen LogP contribution in [0.25, 0.3) is 0 Å². The Kier molecular flexibility index (Phi) is 2.96. The minimum absolute atomic E-state index is 0.0906. The number of benzene rings is 1. The zero-order chi connectivity index (χ0) is 9.14. The molecule has 0 fully saturated rings. The van der Waals surface area contributed by atoms with E-state index in [0.29, 0.717) is 15.1 Å². The van der Waals surface area contributed by atoms with Crippen molar-refractivity contribution in [3.05, 3.63) is 27.2 Å². The molecule has 62 valence electrons. The maximum absolute atomic E-state index is 9.31. The molecule has 1 N–H and O–H groups in total. The average Bonchev–Trinajstić information content (AvgIpc) is 2.01. The maximum Gasteiger partial charge on any atom is 0.121 e. The van der Waals surface area contributed by atoms with Crippen LogP contribution in [-0.4, -0.2) is 5.11 Å². The van der Waals surface area contributed by atoms with Crippen LogP contribution >= 0.6 is 27.5 Å². The van der Waals surface area contributed by atoms with Crippen LogP contribution in [0.1, 0.15) is 5.56 Å². The van der Waals surface area contributed by atoms with Gasteiger partial charge in [-0.2, -0.15) is 5.26 Å². The minimum Gasteiger partial charge on any atom is -0.508 e. The quantitative estimate of drug-likeness (QED) is 0.828. The van der Waals surface area contributed by atoms with Crippen molar-refractivity contribution >= 4 is 27.5 Å². The molecule has 12 heavy (non-hydrogen) atoms. The van der Waals surface area contributed by atoms with Crippen LogP contribution in [0.4, 0.5) is 0 Å². The normalized spacial score (nSPS) is 9.42. The highest BCUT2D eigenvalue weighted by Crippen LogP contribution is 2.30. The second kappa shape index (κ2) is 3.79. The summed E-state index contributed by atoms with van der Waals surface area (Å²) < 4.78 is 0.628.